The van der Waals surface area contributed by atoms with Gasteiger partial charge in [-0.3, -0.25) is 10.1 Å². The van der Waals surface area contributed by atoms with Crippen molar-refractivity contribution in [3.05, 3.63) is 34.4 Å². The van der Waals surface area contributed by atoms with Gasteiger partial charge in [0.2, 0.25) is 0 Å². The van der Waals surface area contributed by atoms with Crippen molar-refractivity contribution in [2.24, 2.45) is 5.92 Å². The number of nitro groups is 1. The van der Waals surface area contributed by atoms with E-state index in [9.17, 15) is 10.1 Å². The molecule has 1 aliphatic rings. The van der Waals surface area contributed by atoms with Gasteiger partial charge in [0.05, 0.1) is 4.92 Å². The van der Waals surface area contributed by atoms with Crippen LogP contribution in [0.15, 0.2) is 24.3 Å². The minimum Gasteiger partial charge on any atom is -0.349 e. The van der Waals surface area contributed by atoms with Gasteiger partial charge in [0.25, 0.3) is 5.69 Å². The summed E-state index contributed by atoms with van der Waals surface area (Å²) in [7, 11) is 0. The van der Waals surface area contributed by atoms with Crippen LogP contribution in [0, 0.1) is 16.0 Å². The molecule has 0 bridgehead atoms. The molecule has 0 spiro atoms. The molecular weight excluding hydrogens is 262 g/mol. The molecule has 0 aromatic heterocycles. The van der Waals surface area contributed by atoms with Crippen LogP contribution in [0.2, 0.25) is 0 Å². The van der Waals surface area contributed by atoms with Crippen molar-refractivity contribution in [1.82, 2.24) is 4.90 Å². The van der Waals surface area contributed by atoms with E-state index >= 15 is 0 Å². The van der Waals surface area contributed by atoms with E-state index in [1.54, 1.807) is 12.1 Å². The maximum Gasteiger partial charge on any atom is 0.271 e. The molecule has 1 N–H and O–H groups in total. The highest BCUT2D eigenvalue weighted by Gasteiger charge is 2.18. The number of hydrogen-bond acceptors (Lipinski definition) is 3. The van der Waals surface area contributed by atoms with Crippen LogP contribution >= 0.6 is 12.2 Å². The van der Waals surface area contributed by atoms with E-state index in [-0.39, 0.29) is 5.69 Å². The van der Waals surface area contributed by atoms with Crippen LogP contribution < -0.4 is 5.32 Å². The van der Waals surface area contributed by atoms with E-state index in [0.717, 1.165) is 19.5 Å². The Labute approximate surface area is 117 Å². The van der Waals surface area contributed by atoms with Crippen molar-refractivity contribution in [2.45, 2.75) is 19.8 Å². The molecule has 1 fully saturated rings. The van der Waals surface area contributed by atoms with Crippen LogP contribution in [0.4, 0.5) is 11.4 Å². The van der Waals surface area contributed by atoms with Gasteiger partial charge in [-0.05, 0) is 37.0 Å². The van der Waals surface area contributed by atoms with E-state index in [0.29, 0.717) is 16.7 Å². The smallest absolute Gasteiger partial charge is 0.271 e. The molecule has 0 aliphatic carbocycles. The summed E-state index contributed by atoms with van der Waals surface area (Å²) < 4.78 is 0. The first kappa shape index (κ1) is 13.7. The van der Waals surface area contributed by atoms with Crippen molar-refractivity contribution in [3.63, 3.8) is 0 Å². The second-order valence-corrected chi connectivity index (χ2v) is 5.32. The molecule has 1 unspecified atom stereocenters. The Hall–Kier alpha value is -1.69. The van der Waals surface area contributed by atoms with Gasteiger partial charge < -0.3 is 10.2 Å². The third kappa shape index (κ3) is 3.64. The number of non-ortho nitro benzene ring substituents is 1. The molecule has 5 nitrogen and oxygen atoms in total. The van der Waals surface area contributed by atoms with E-state index in [2.05, 4.69) is 17.1 Å². The van der Waals surface area contributed by atoms with Crippen LogP contribution in [-0.4, -0.2) is 28.0 Å². The fourth-order valence-electron chi connectivity index (χ4n) is 2.27. The Morgan fingerprint density at radius 3 is 3.05 bits per heavy atom. The Morgan fingerprint density at radius 2 is 2.37 bits per heavy atom. The molecule has 102 valence electrons. The number of hydrogen-bond donors (Lipinski definition) is 1. The molecule has 1 atom stereocenters. The number of rotatable bonds is 2. The lowest BCUT2D eigenvalue weighted by atomic mass is 10.0. The number of thiocarbonyl (C=S) groups is 1. The van der Waals surface area contributed by atoms with Crippen molar-refractivity contribution < 1.29 is 4.92 Å². The van der Waals surface area contributed by atoms with Crippen molar-refractivity contribution >= 4 is 28.7 Å². The summed E-state index contributed by atoms with van der Waals surface area (Å²) in [6, 6.07) is 6.41. The van der Waals surface area contributed by atoms with Crippen LogP contribution in [0.1, 0.15) is 19.8 Å². The molecule has 1 aliphatic heterocycles. The van der Waals surface area contributed by atoms with E-state index in [1.165, 1.54) is 18.6 Å². The topological polar surface area (TPSA) is 58.4 Å². The number of piperidine rings is 1. The van der Waals surface area contributed by atoms with Crippen molar-refractivity contribution in [1.29, 1.82) is 0 Å². The molecule has 1 saturated heterocycles. The highest BCUT2D eigenvalue weighted by molar-refractivity contribution is 7.80. The third-order valence-electron chi connectivity index (χ3n) is 3.25. The Kier molecular flexibility index (Phi) is 4.31. The predicted molar refractivity (Wildman–Crippen MR) is 79.3 cm³/mol. The predicted octanol–water partition coefficient (Wildman–Crippen LogP) is 3.02. The van der Waals surface area contributed by atoms with E-state index in [4.69, 9.17) is 12.2 Å². The first-order valence-corrected chi connectivity index (χ1v) is 6.77. The molecule has 0 amide bonds. The number of likely N-dealkylation sites (tertiary alicyclic amines) is 1. The van der Waals surface area contributed by atoms with E-state index in [1.807, 2.05) is 0 Å². The van der Waals surface area contributed by atoms with Gasteiger partial charge in [-0.1, -0.05) is 13.0 Å². The first-order valence-electron chi connectivity index (χ1n) is 6.36. The average Bonchev–Trinajstić information content (AvgIpc) is 2.39. The SMILES string of the molecule is CC1CCCN(C(=S)Nc2cccc([N+](=O)[O-])c2)C1. The lowest BCUT2D eigenvalue weighted by Crippen LogP contribution is -2.41. The lowest BCUT2D eigenvalue weighted by molar-refractivity contribution is -0.384. The normalized spacial score (nSPS) is 19.0. The van der Waals surface area contributed by atoms with Crippen LogP contribution in [0.25, 0.3) is 0 Å². The van der Waals surface area contributed by atoms with Gasteiger partial charge in [0.15, 0.2) is 5.11 Å². The Morgan fingerprint density at radius 1 is 1.58 bits per heavy atom. The zero-order valence-corrected chi connectivity index (χ0v) is 11.7. The van der Waals surface area contributed by atoms with Gasteiger partial charge in [-0.15, -0.1) is 0 Å². The minimum absolute atomic E-state index is 0.0693. The molecule has 1 aromatic rings. The molecule has 6 heteroatoms. The van der Waals surface area contributed by atoms with Crippen LogP contribution in [0.3, 0.4) is 0 Å². The number of benzene rings is 1. The number of nitrogens with zero attached hydrogens (tertiary/aromatic N) is 2. The summed E-state index contributed by atoms with van der Waals surface area (Å²) in [4.78, 5) is 12.4. The summed E-state index contributed by atoms with van der Waals surface area (Å²) in [5.74, 6) is 0.638. The summed E-state index contributed by atoms with van der Waals surface area (Å²) in [6.07, 6.45) is 2.37. The van der Waals surface area contributed by atoms with Gasteiger partial charge in [0.1, 0.15) is 0 Å². The van der Waals surface area contributed by atoms with Gasteiger partial charge >= 0.3 is 0 Å². The van der Waals surface area contributed by atoms with Crippen molar-refractivity contribution in [3.8, 4) is 0 Å². The highest BCUT2D eigenvalue weighted by atomic mass is 32.1. The minimum atomic E-state index is -0.406. The van der Waals surface area contributed by atoms with Gasteiger partial charge in [0, 0.05) is 30.9 Å². The summed E-state index contributed by atoms with van der Waals surface area (Å²) in [6.45, 7) is 4.11. The zero-order chi connectivity index (χ0) is 13.8. The van der Waals surface area contributed by atoms with Crippen molar-refractivity contribution in [2.75, 3.05) is 18.4 Å². The summed E-state index contributed by atoms with van der Waals surface area (Å²) in [5, 5.41) is 14.4. The van der Waals surface area contributed by atoms with Gasteiger partial charge in [-0.25, -0.2) is 0 Å². The maximum absolute atomic E-state index is 10.7. The maximum atomic E-state index is 10.7. The summed E-state index contributed by atoms with van der Waals surface area (Å²) >= 11 is 5.36. The fourth-order valence-corrected chi connectivity index (χ4v) is 2.56. The van der Waals surface area contributed by atoms with E-state index < -0.39 is 4.92 Å². The molecule has 0 radical (unpaired) electrons. The first-order chi connectivity index (χ1) is 9.06. The summed E-state index contributed by atoms with van der Waals surface area (Å²) in [5.41, 5.74) is 0.734. The number of nitrogens with one attached hydrogen (secondary N) is 1. The zero-order valence-electron chi connectivity index (χ0n) is 10.8. The molecule has 2 rings (SSSR count). The largest absolute Gasteiger partial charge is 0.349 e. The number of nitro benzene ring substituents is 1. The average molecular weight is 279 g/mol. The molecule has 0 saturated carbocycles. The second kappa shape index (κ2) is 5.97. The second-order valence-electron chi connectivity index (χ2n) is 4.93. The standard InChI is InChI=1S/C13H17N3O2S/c1-10-4-3-7-15(9-10)13(19)14-11-5-2-6-12(8-11)16(17)18/h2,5-6,8,10H,3-4,7,9H2,1H3,(H,14,19). The Balaban J connectivity index is 2.02. The third-order valence-corrected chi connectivity index (χ3v) is 3.61. The number of anilines is 1. The van der Waals surface area contributed by atoms with Crippen LogP contribution in [-0.2, 0) is 0 Å². The fraction of sp³-hybridized carbons (Fsp3) is 0.462. The van der Waals surface area contributed by atoms with Crippen LogP contribution in [0.5, 0.6) is 0 Å². The molecule has 1 aromatic carbocycles. The molecular formula is C13H17N3O2S. The lowest BCUT2D eigenvalue weighted by Gasteiger charge is -2.33. The quantitative estimate of drug-likeness (QED) is 0.512. The molecule has 19 heavy (non-hydrogen) atoms. The Bertz CT molecular complexity index is 493. The monoisotopic (exact) mass is 279 g/mol. The highest BCUT2D eigenvalue weighted by Crippen LogP contribution is 2.20. The molecule has 1 heterocycles. The van der Waals surface area contributed by atoms with Gasteiger partial charge in [-0.2, -0.15) is 0 Å².